The van der Waals surface area contributed by atoms with Crippen molar-refractivity contribution < 1.29 is 14.6 Å². The van der Waals surface area contributed by atoms with Crippen molar-refractivity contribution in [1.29, 1.82) is 0 Å². The van der Waals surface area contributed by atoms with Crippen LogP contribution in [0.5, 0.6) is 5.75 Å². The number of unbranched alkanes of at least 4 members (excludes halogenated alkanes) is 2. The summed E-state index contributed by atoms with van der Waals surface area (Å²) in [6.45, 7) is 0.677. The Balaban J connectivity index is 1.30. The zero-order chi connectivity index (χ0) is 17.3. The Morgan fingerprint density at radius 2 is 1.56 bits per heavy atom. The van der Waals surface area contributed by atoms with E-state index in [0.717, 1.165) is 42.8 Å². The molecule has 0 saturated heterocycles. The smallest absolute Gasteiger partial charge is 0.303 e. The van der Waals surface area contributed by atoms with E-state index in [1.807, 2.05) is 0 Å². The van der Waals surface area contributed by atoms with Gasteiger partial charge in [-0.1, -0.05) is 12.1 Å². The van der Waals surface area contributed by atoms with Gasteiger partial charge in [0.2, 0.25) is 0 Å². The molecule has 0 atom stereocenters. The zero-order valence-electron chi connectivity index (χ0n) is 15.1. The summed E-state index contributed by atoms with van der Waals surface area (Å²) in [6.07, 6.45) is 11.5. The number of aliphatic carboxylic acids is 1. The Hall–Kier alpha value is -1.51. The minimum absolute atomic E-state index is 0.264. The average Bonchev–Trinajstić information content (AvgIpc) is 2.57. The summed E-state index contributed by atoms with van der Waals surface area (Å²) in [6, 6.07) is 8.91. The summed E-state index contributed by atoms with van der Waals surface area (Å²) >= 11 is 0. The fraction of sp³-hybridized carbons (Fsp3) is 0.682. The molecule has 5 rings (SSSR count). The molecule has 0 aliphatic heterocycles. The number of carbonyl (C=O) groups is 1. The number of hydrogen-bond donors (Lipinski definition) is 1. The van der Waals surface area contributed by atoms with Crippen LogP contribution in [-0.2, 0) is 10.2 Å². The van der Waals surface area contributed by atoms with Gasteiger partial charge in [0.25, 0.3) is 0 Å². The number of rotatable bonds is 8. The van der Waals surface area contributed by atoms with E-state index in [1.165, 1.54) is 38.5 Å². The molecule has 0 heterocycles. The molecule has 0 spiro atoms. The fourth-order valence-corrected chi connectivity index (χ4v) is 6.11. The first-order valence-corrected chi connectivity index (χ1v) is 10.1. The van der Waals surface area contributed by atoms with Gasteiger partial charge in [0, 0.05) is 6.42 Å². The molecular weight excluding hydrogens is 312 g/mol. The van der Waals surface area contributed by atoms with Crippen LogP contribution in [0.3, 0.4) is 0 Å². The Kier molecular flexibility index (Phi) is 4.75. The molecule has 4 bridgehead atoms. The Bertz CT molecular complexity index is 569. The van der Waals surface area contributed by atoms with Gasteiger partial charge in [0.1, 0.15) is 5.75 Å². The van der Waals surface area contributed by atoms with Crippen LogP contribution in [-0.4, -0.2) is 17.7 Å². The van der Waals surface area contributed by atoms with E-state index in [2.05, 4.69) is 24.3 Å². The Morgan fingerprint density at radius 3 is 2.12 bits per heavy atom. The van der Waals surface area contributed by atoms with Gasteiger partial charge < -0.3 is 9.84 Å². The number of carboxylic acids is 1. The summed E-state index contributed by atoms with van der Waals surface area (Å²) in [5.74, 6) is 3.18. The maximum absolute atomic E-state index is 10.5. The second-order valence-corrected chi connectivity index (χ2v) is 8.78. The van der Waals surface area contributed by atoms with Gasteiger partial charge in [0.05, 0.1) is 6.61 Å². The highest BCUT2D eigenvalue weighted by molar-refractivity contribution is 5.66. The fourth-order valence-electron chi connectivity index (χ4n) is 6.11. The van der Waals surface area contributed by atoms with Crippen molar-refractivity contribution in [3.05, 3.63) is 29.8 Å². The maximum atomic E-state index is 10.5. The molecule has 4 aliphatic rings. The molecule has 4 aliphatic carbocycles. The summed E-state index contributed by atoms with van der Waals surface area (Å²) < 4.78 is 5.84. The maximum Gasteiger partial charge on any atom is 0.303 e. The first-order valence-electron chi connectivity index (χ1n) is 10.1. The van der Waals surface area contributed by atoms with E-state index >= 15 is 0 Å². The average molecular weight is 342 g/mol. The third kappa shape index (κ3) is 3.70. The molecule has 1 N–H and O–H groups in total. The number of hydrogen-bond acceptors (Lipinski definition) is 2. The molecule has 0 unspecified atom stereocenters. The Morgan fingerprint density at radius 1 is 0.960 bits per heavy atom. The van der Waals surface area contributed by atoms with Crippen LogP contribution in [0.15, 0.2) is 24.3 Å². The van der Waals surface area contributed by atoms with E-state index in [1.54, 1.807) is 5.56 Å². The molecule has 4 saturated carbocycles. The minimum atomic E-state index is -0.707. The second kappa shape index (κ2) is 7.01. The number of ether oxygens (including phenoxy) is 1. The Labute approximate surface area is 150 Å². The lowest BCUT2D eigenvalue weighted by molar-refractivity contribution is -0.137. The SMILES string of the molecule is O=C(O)CCCCCOc1ccc(C23CC4CC(CC(C4)C2)C3)cc1. The highest BCUT2D eigenvalue weighted by atomic mass is 16.5. The van der Waals surface area contributed by atoms with Gasteiger partial charge in [0.15, 0.2) is 0 Å². The van der Waals surface area contributed by atoms with Gasteiger partial charge in [-0.2, -0.15) is 0 Å². The van der Waals surface area contributed by atoms with Crippen molar-refractivity contribution in [2.45, 2.75) is 69.6 Å². The molecule has 3 heteroatoms. The molecule has 3 nitrogen and oxygen atoms in total. The molecule has 136 valence electrons. The largest absolute Gasteiger partial charge is 0.494 e. The molecule has 1 aromatic rings. The second-order valence-electron chi connectivity index (χ2n) is 8.78. The van der Waals surface area contributed by atoms with E-state index < -0.39 is 5.97 Å². The molecule has 0 radical (unpaired) electrons. The monoisotopic (exact) mass is 342 g/mol. The first kappa shape index (κ1) is 16.9. The number of carboxylic acid groups (broad SMARTS) is 1. The van der Waals surface area contributed by atoms with Crippen LogP contribution in [0.1, 0.15) is 69.8 Å². The van der Waals surface area contributed by atoms with Gasteiger partial charge in [-0.15, -0.1) is 0 Å². The van der Waals surface area contributed by atoms with Crippen molar-refractivity contribution in [2.75, 3.05) is 6.61 Å². The lowest BCUT2D eigenvalue weighted by Gasteiger charge is -2.57. The summed E-state index contributed by atoms with van der Waals surface area (Å²) in [7, 11) is 0. The standard InChI is InChI=1S/C22H30O3/c23-21(24)4-2-1-3-9-25-20-7-5-19(6-8-20)22-13-16-10-17(14-22)12-18(11-16)15-22/h5-8,16-18H,1-4,9-15H2,(H,23,24). The molecule has 1 aromatic carbocycles. The van der Waals surface area contributed by atoms with Crippen LogP contribution in [0.25, 0.3) is 0 Å². The van der Waals surface area contributed by atoms with Gasteiger partial charge in [-0.25, -0.2) is 0 Å². The third-order valence-corrected chi connectivity index (χ3v) is 6.81. The van der Waals surface area contributed by atoms with Crippen LogP contribution < -0.4 is 4.74 Å². The van der Waals surface area contributed by atoms with Gasteiger partial charge in [-0.05, 0) is 98.7 Å². The van der Waals surface area contributed by atoms with Crippen molar-refractivity contribution in [1.82, 2.24) is 0 Å². The van der Waals surface area contributed by atoms with Crippen molar-refractivity contribution in [3.63, 3.8) is 0 Å². The molecule has 4 fully saturated rings. The normalized spacial score (nSPS) is 32.7. The van der Waals surface area contributed by atoms with Crippen LogP contribution in [0, 0.1) is 17.8 Å². The minimum Gasteiger partial charge on any atom is -0.494 e. The van der Waals surface area contributed by atoms with Crippen molar-refractivity contribution >= 4 is 5.97 Å². The molecule has 0 aromatic heterocycles. The quantitative estimate of drug-likeness (QED) is 0.662. The lowest BCUT2D eigenvalue weighted by atomic mass is 9.48. The van der Waals surface area contributed by atoms with E-state index in [4.69, 9.17) is 9.84 Å². The van der Waals surface area contributed by atoms with Crippen LogP contribution >= 0.6 is 0 Å². The predicted molar refractivity (Wildman–Crippen MR) is 97.9 cm³/mol. The topological polar surface area (TPSA) is 46.5 Å². The molecule has 0 amide bonds. The summed E-state index contributed by atoms with van der Waals surface area (Å²) in [5, 5.41) is 8.63. The first-order chi connectivity index (χ1) is 12.1. The zero-order valence-corrected chi connectivity index (χ0v) is 15.1. The molecule has 25 heavy (non-hydrogen) atoms. The number of benzene rings is 1. The van der Waals surface area contributed by atoms with E-state index in [-0.39, 0.29) is 6.42 Å². The highest BCUT2D eigenvalue weighted by Crippen LogP contribution is 2.60. The summed E-state index contributed by atoms with van der Waals surface area (Å²) in [5.41, 5.74) is 2.00. The lowest BCUT2D eigenvalue weighted by Crippen LogP contribution is -2.48. The van der Waals surface area contributed by atoms with E-state index in [9.17, 15) is 4.79 Å². The molecular formula is C22H30O3. The third-order valence-electron chi connectivity index (χ3n) is 6.81. The van der Waals surface area contributed by atoms with Crippen LogP contribution in [0.4, 0.5) is 0 Å². The highest BCUT2D eigenvalue weighted by Gasteiger charge is 2.51. The van der Waals surface area contributed by atoms with E-state index in [0.29, 0.717) is 12.0 Å². The van der Waals surface area contributed by atoms with Gasteiger partial charge >= 0.3 is 5.97 Å². The van der Waals surface area contributed by atoms with Crippen molar-refractivity contribution in [3.8, 4) is 5.75 Å². The predicted octanol–water partition coefficient (Wildman–Crippen LogP) is 5.18. The van der Waals surface area contributed by atoms with Gasteiger partial charge in [-0.3, -0.25) is 4.79 Å². The van der Waals surface area contributed by atoms with Crippen molar-refractivity contribution in [2.24, 2.45) is 17.8 Å². The summed E-state index contributed by atoms with van der Waals surface area (Å²) in [4.78, 5) is 10.5. The van der Waals surface area contributed by atoms with Crippen LogP contribution in [0.2, 0.25) is 0 Å².